The van der Waals surface area contributed by atoms with Gasteiger partial charge in [0.05, 0.1) is 64.6 Å². The third kappa shape index (κ3) is 13.4. The van der Waals surface area contributed by atoms with Gasteiger partial charge in [-0.2, -0.15) is 0 Å². The van der Waals surface area contributed by atoms with Gasteiger partial charge in [0, 0.05) is 59.1 Å². The molecule has 0 spiro atoms. The summed E-state index contributed by atoms with van der Waals surface area (Å²) >= 11 is 40.2. The lowest BCUT2D eigenvalue weighted by Crippen LogP contribution is -2.47. The number of imide groups is 4. The molecule has 0 aliphatic carbocycles. The standard InChI is InChI=1S/C54H66Cl4N2O4.C35H29Br3N2O4/c1-5-9-13-17-21-25-33(26-22-18-14-10-6-2)59-51(61)45-39(55)29-35-37-31-41(57)47-50-44(37)38(36-30-40(56)46(52(59)62)49(45)43(35)36)32-42(58)48(50)54(64)60(53(47)63)34(27-23-19-15-11-7-3)28-24-20-16-12-8-4;1-6-15(7-2)39-32(41)24-14(5)10-17-18-11-22(37)28-31-26(18)20(19-12-21(36)27(33(39)42)30(24)25(17)19)13-23(38)29(31)35(44)40(34(28)43)16(8-3)9-4/h29-34H,5-28H2,1-4H3;10-13,15-16H,6-9H2,1-5H3. The van der Waals surface area contributed by atoms with E-state index in [2.05, 4.69) is 75.5 Å². The van der Waals surface area contributed by atoms with Crippen LogP contribution in [-0.4, -0.2) is 91.0 Å². The molecule has 0 radical (unpaired) electrons. The molecule has 19 heteroatoms. The molecule has 0 unspecified atom stereocenters. The van der Waals surface area contributed by atoms with Crippen molar-refractivity contribution >= 4 is 228 Å². The molecule has 14 rings (SSSR count). The smallest absolute Gasteiger partial charge is 0.263 e. The summed E-state index contributed by atoms with van der Waals surface area (Å²) in [5.41, 5.74) is 3.84. The molecule has 0 saturated carbocycles. The number of unbranched alkanes of at least 4 members (excludes halogenated alkanes) is 16. The number of aryl methyl sites for hydroxylation is 1. The van der Waals surface area contributed by atoms with Crippen LogP contribution in [-0.2, 0) is 0 Å². The van der Waals surface area contributed by atoms with E-state index in [4.69, 9.17) is 46.4 Å². The van der Waals surface area contributed by atoms with Crippen molar-refractivity contribution in [3.63, 3.8) is 0 Å². The summed E-state index contributed by atoms with van der Waals surface area (Å²) in [5.74, 6) is -2.76. The number of carbonyl (C=O) groups is 8. The number of amides is 8. The zero-order chi connectivity index (χ0) is 77.2. The molecule has 0 bridgehead atoms. The Morgan fingerprint density at radius 3 is 0.722 bits per heavy atom. The van der Waals surface area contributed by atoms with Crippen molar-refractivity contribution in [1.29, 1.82) is 0 Å². The van der Waals surface area contributed by atoms with Crippen LogP contribution in [0.4, 0.5) is 0 Å². The first-order valence-electron chi connectivity index (χ1n) is 39.8. The second kappa shape index (κ2) is 33.3. The highest BCUT2D eigenvalue weighted by atomic mass is 79.9. The normalized spacial score (nSPS) is 14.6. The number of rotatable bonds is 32. The molecule has 10 aromatic rings. The Morgan fingerprint density at radius 2 is 0.463 bits per heavy atom. The third-order valence-electron chi connectivity index (χ3n) is 24.0. The van der Waals surface area contributed by atoms with E-state index in [1.165, 1.54) is 19.6 Å². The van der Waals surface area contributed by atoms with Crippen molar-refractivity contribution in [1.82, 2.24) is 19.6 Å². The summed E-state index contributed by atoms with van der Waals surface area (Å²) in [7, 11) is 0. The molecule has 4 aliphatic rings. The Hall–Kier alpha value is -6.04. The maximum Gasteiger partial charge on any atom is 0.263 e. The highest BCUT2D eigenvalue weighted by Crippen LogP contribution is 2.55. The molecule has 8 amide bonds. The fraction of sp³-hybridized carbons (Fsp3) is 0.461. The predicted octanol–water partition coefficient (Wildman–Crippen LogP) is 27.6. The Bertz CT molecular complexity index is 4740. The minimum atomic E-state index is -0.400. The quantitative estimate of drug-likeness (QED) is 0.0175. The average molecular weight is 1730 g/mol. The molecule has 0 atom stereocenters. The van der Waals surface area contributed by atoms with Gasteiger partial charge in [0.1, 0.15) is 0 Å². The minimum absolute atomic E-state index is 0.199. The van der Waals surface area contributed by atoms with Gasteiger partial charge < -0.3 is 0 Å². The molecule has 4 heterocycles. The van der Waals surface area contributed by atoms with Crippen molar-refractivity contribution < 1.29 is 38.4 Å². The van der Waals surface area contributed by atoms with Crippen LogP contribution in [0.3, 0.4) is 0 Å². The molecule has 4 aliphatic heterocycles. The molecular formula is C89H95Br3Cl4N4O8. The van der Waals surface area contributed by atoms with Gasteiger partial charge in [-0.15, -0.1) is 0 Å². The van der Waals surface area contributed by atoms with Gasteiger partial charge in [-0.05, 0) is 225 Å². The monoisotopic (exact) mass is 1720 g/mol. The summed E-state index contributed by atoms with van der Waals surface area (Å²) in [6.45, 7) is 18.7. The first-order valence-corrected chi connectivity index (χ1v) is 43.7. The van der Waals surface area contributed by atoms with Gasteiger partial charge in [-0.3, -0.25) is 58.0 Å². The fourth-order valence-electron chi connectivity index (χ4n) is 18.6. The summed E-state index contributed by atoms with van der Waals surface area (Å²) in [6.07, 6.45) is 27.1. The Kier molecular flexibility index (Phi) is 24.7. The van der Waals surface area contributed by atoms with E-state index in [-0.39, 0.29) is 90.1 Å². The van der Waals surface area contributed by atoms with Gasteiger partial charge in [0.15, 0.2) is 0 Å². The van der Waals surface area contributed by atoms with Crippen molar-refractivity contribution in [2.24, 2.45) is 0 Å². The van der Waals surface area contributed by atoms with Gasteiger partial charge in [0.25, 0.3) is 47.3 Å². The molecule has 568 valence electrons. The highest BCUT2D eigenvalue weighted by Gasteiger charge is 2.47. The summed E-state index contributed by atoms with van der Waals surface area (Å²) in [4.78, 5) is 122. The van der Waals surface area contributed by atoms with Gasteiger partial charge in [-0.1, -0.05) is 230 Å². The lowest BCUT2D eigenvalue weighted by molar-refractivity contribution is 0.0501. The number of hydrogen-bond acceptors (Lipinski definition) is 8. The number of carbonyl (C=O) groups excluding carboxylic acids is 8. The Balaban J connectivity index is 0.000000203. The van der Waals surface area contributed by atoms with Crippen LogP contribution in [0, 0.1) is 6.92 Å². The molecule has 0 N–H and O–H groups in total. The summed E-state index contributed by atoms with van der Waals surface area (Å²) in [5, 5.41) is 11.9. The van der Waals surface area contributed by atoms with E-state index in [9.17, 15) is 38.4 Å². The van der Waals surface area contributed by atoms with Crippen molar-refractivity contribution in [3.8, 4) is 0 Å². The number of benzene rings is 10. The maximum atomic E-state index is 14.9. The number of hydrogen-bond donors (Lipinski definition) is 0. The predicted molar refractivity (Wildman–Crippen MR) is 455 cm³/mol. The Labute approximate surface area is 678 Å². The minimum Gasteiger partial charge on any atom is -0.271 e. The highest BCUT2D eigenvalue weighted by molar-refractivity contribution is 9.11. The van der Waals surface area contributed by atoms with Gasteiger partial charge in [0.2, 0.25) is 0 Å². The Morgan fingerprint density at radius 1 is 0.259 bits per heavy atom. The fourth-order valence-corrected chi connectivity index (χ4v) is 21.5. The zero-order valence-corrected chi connectivity index (χ0v) is 71.2. The van der Waals surface area contributed by atoms with E-state index in [1.807, 2.05) is 58.9 Å². The van der Waals surface area contributed by atoms with Crippen molar-refractivity contribution in [3.05, 3.63) is 132 Å². The second-order valence-corrected chi connectivity index (χ2v) is 34.8. The SMILES string of the molecule is CCC(CC)N1C(=O)c2c(C)cc3c4cc(Br)c5c6c(c(Br)cc(c7cc(Br)c(c2c37)C1=O)c64)C(=O)N(C(CC)CC)C5=O.CCCCCCCC(CCCCCCC)N1C(=O)c2c(Cl)cc3c4cc(Cl)c5c6c(c(Cl)cc(c7cc(Cl)c(c2c37)C1=O)c64)C(=O)N(C(CCCCCCC)CCCCCCC)C5=O. The van der Waals surface area contributed by atoms with E-state index in [1.54, 1.807) is 24.3 Å². The molecule has 12 nitrogen and oxygen atoms in total. The zero-order valence-electron chi connectivity index (χ0n) is 63.4. The average Bonchev–Trinajstić information content (AvgIpc) is 0.683. The van der Waals surface area contributed by atoms with Crippen molar-refractivity contribution in [2.75, 3.05) is 0 Å². The van der Waals surface area contributed by atoms with Crippen LogP contribution in [0.2, 0.25) is 20.1 Å². The number of fused-ring (bicyclic) bond motifs is 4. The second-order valence-electron chi connectivity index (χ2n) is 30.6. The number of halogens is 7. The van der Waals surface area contributed by atoms with E-state index in [0.29, 0.717) is 115 Å². The molecule has 0 fully saturated rings. The number of nitrogens with zero attached hydrogens (tertiary/aromatic N) is 4. The van der Waals surface area contributed by atoms with Crippen LogP contribution < -0.4 is 0 Å². The summed E-state index contributed by atoms with van der Waals surface area (Å²) < 4.78 is 1.81. The first-order chi connectivity index (χ1) is 52.0. The largest absolute Gasteiger partial charge is 0.271 e. The van der Waals surface area contributed by atoms with Crippen LogP contribution in [0.15, 0.2) is 61.9 Å². The molecule has 10 aromatic carbocycles. The summed E-state index contributed by atoms with van der Waals surface area (Å²) in [6, 6.07) is 14.1. The lowest BCUT2D eigenvalue weighted by atomic mass is 9.80. The first kappa shape index (κ1) is 80.0. The van der Waals surface area contributed by atoms with Crippen LogP contribution in [0.25, 0.3) is 86.2 Å². The van der Waals surface area contributed by atoms with E-state index >= 15 is 0 Å². The van der Waals surface area contributed by atoms with Crippen LogP contribution in [0.5, 0.6) is 0 Å². The van der Waals surface area contributed by atoms with E-state index < -0.39 is 23.6 Å². The van der Waals surface area contributed by atoms with E-state index in [0.717, 1.165) is 192 Å². The molecule has 0 aromatic heterocycles. The van der Waals surface area contributed by atoms with Crippen molar-refractivity contribution in [2.45, 2.75) is 266 Å². The molecular weight excluding hydrogens is 1630 g/mol. The lowest BCUT2D eigenvalue weighted by Gasteiger charge is -2.36. The third-order valence-corrected chi connectivity index (χ3v) is 27.1. The molecule has 108 heavy (non-hydrogen) atoms. The van der Waals surface area contributed by atoms with Gasteiger partial charge in [-0.25, -0.2) is 0 Å². The molecule has 0 saturated heterocycles. The maximum absolute atomic E-state index is 14.9. The van der Waals surface area contributed by atoms with Crippen LogP contribution in [0.1, 0.15) is 324 Å². The van der Waals surface area contributed by atoms with Gasteiger partial charge >= 0.3 is 0 Å². The van der Waals surface area contributed by atoms with Crippen LogP contribution >= 0.6 is 94.2 Å². The topological polar surface area (TPSA) is 150 Å².